The summed E-state index contributed by atoms with van der Waals surface area (Å²) in [5.74, 6) is -0.797. The summed E-state index contributed by atoms with van der Waals surface area (Å²) in [5.41, 5.74) is 3.30. The lowest BCUT2D eigenvalue weighted by molar-refractivity contribution is -0.173. The number of esters is 2. The Kier molecular flexibility index (Phi) is 7.45. The normalized spacial score (nSPS) is 26.1. The van der Waals surface area contributed by atoms with Crippen molar-refractivity contribution in [3.63, 3.8) is 0 Å². The van der Waals surface area contributed by atoms with Gasteiger partial charge in [-0.2, -0.15) is 0 Å². The maximum absolute atomic E-state index is 14.1. The number of rotatable bonds is 10. The molecule has 2 aliphatic heterocycles. The van der Waals surface area contributed by atoms with Crippen LogP contribution in [0.15, 0.2) is 60.7 Å². The Morgan fingerprint density at radius 1 is 1.08 bits per heavy atom. The summed E-state index contributed by atoms with van der Waals surface area (Å²) in [6, 6.07) is 16.8. The Balaban J connectivity index is 1.08. The van der Waals surface area contributed by atoms with Crippen LogP contribution in [0.4, 0.5) is 0 Å². The van der Waals surface area contributed by atoms with Crippen LogP contribution in [0.2, 0.25) is 0 Å². The molecule has 2 fully saturated rings. The molecule has 1 amide bonds. The number of phenolic OH excluding ortho intramolecular Hbond substituents is 1. The minimum absolute atomic E-state index is 0.0153. The van der Waals surface area contributed by atoms with Gasteiger partial charge in [-0.1, -0.05) is 48.5 Å². The van der Waals surface area contributed by atoms with Gasteiger partial charge in [-0.25, -0.2) is 4.79 Å². The minimum Gasteiger partial charge on any atom is -0.504 e. The second-order valence-electron chi connectivity index (χ2n) is 14.8. The molecule has 5 atom stereocenters. The summed E-state index contributed by atoms with van der Waals surface area (Å²) < 4.78 is 17.3. The highest BCUT2D eigenvalue weighted by molar-refractivity contribution is 6.08. The molecule has 3 heterocycles. The van der Waals surface area contributed by atoms with Crippen molar-refractivity contribution < 1.29 is 38.8 Å². The number of carbonyl (C=O) groups excluding carboxylic acids is 3. The van der Waals surface area contributed by atoms with Crippen molar-refractivity contribution in [1.82, 2.24) is 15.2 Å². The van der Waals surface area contributed by atoms with Crippen LogP contribution in [-0.2, 0) is 43.9 Å². The van der Waals surface area contributed by atoms with E-state index in [9.17, 15) is 24.6 Å². The average molecular weight is 692 g/mol. The van der Waals surface area contributed by atoms with Gasteiger partial charge in [0.15, 0.2) is 17.6 Å². The van der Waals surface area contributed by atoms with Gasteiger partial charge in [0.25, 0.3) is 5.91 Å². The zero-order valence-corrected chi connectivity index (χ0v) is 28.4. The van der Waals surface area contributed by atoms with E-state index < -0.39 is 47.4 Å². The van der Waals surface area contributed by atoms with E-state index >= 15 is 0 Å². The van der Waals surface area contributed by atoms with E-state index in [-0.39, 0.29) is 30.6 Å². The van der Waals surface area contributed by atoms with Crippen LogP contribution in [-0.4, -0.2) is 75.3 Å². The maximum Gasteiger partial charge on any atom is 0.329 e. The lowest BCUT2D eigenvalue weighted by Crippen LogP contribution is -2.74. The van der Waals surface area contributed by atoms with Gasteiger partial charge in [0.2, 0.25) is 0 Å². The average Bonchev–Trinajstić information content (AvgIpc) is 3.76. The molecule has 51 heavy (non-hydrogen) atoms. The second-order valence-corrected chi connectivity index (χ2v) is 14.8. The molecule has 264 valence electrons. The van der Waals surface area contributed by atoms with Gasteiger partial charge in [-0.05, 0) is 73.9 Å². The molecule has 1 saturated heterocycles. The number of aromatic nitrogens is 1. The minimum atomic E-state index is -1.28. The molecule has 2 bridgehead atoms. The molecule has 4 aromatic rings. The summed E-state index contributed by atoms with van der Waals surface area (Å²) in [6.45, 7) is 3.57. The summed E-state index contributed by atoms with van der Waals surface area (Å²) in [4.78, 5) is 45.9. The van der Waals surface area contributed by atoms with Crippen LogP contribution < -0.4 is 10.1 Å². The zero-order chi connectivity index (χ0) is 35.1. The quantitative estimate of drug-likeness (QED) is 0.178. The number of aliphatic hydroxyl groups is 1. The summed E-state index contributed by atoms with van der Waals surface area (Å²) in [6.07, 6.45) is 3.13. The van der Waals surface area contributed by atoms with E-state index in [1.54, 1.807) is 25.1 Å². The Bertz CT molecular complexity index is 2070. The number of carbonyl (C=O) groups is 3. The Hall–Kier alpha value is -4.87. The van der Waals surface area contributed by atoms with Gasteiger partial charge >= 0.3 is 11.9 Å². The first kappa shape index (κ1) is 32.1. The van der Waals surface area contributed by atoms with Crippen molar-refractivity contribution in [2.24, 2.45) is 5.92 Å². The number of amides is 1. The number of H-pyrrole nitrogens is 1. The van der Waals surface area contributed by atoms with Crippen molar-refractivity contribution in [2.45, 2.75) is 81.3 Å². The molecular formula is C40H41N3O8. The van der Waals surface area contributed by atoms with Gasteiger partial charge in [0.1, 0.15) is 12.6 Å². The molecule has 5 aliphatic rings. The summed E-state index contributed by atoms with van der Waals surface area (Å²) in [7, 11) is 0. The molecule has 3 aliphatic carbocycles. The number of aromatic hydroxyl groups is 1. The van der Waals surface area contributed by atoms with Crippen LogP contribution in [0, 0.1) is 5.92 Å². The number of hydrogen-bond donors (Lipinski definition) is 4. The van der Waals surface area contributed by atoms with E-state index in [4.69, 9.17) is 14.2 Å². The van der Waals surface area contributed by atoms with Gasteiger partial charge in [-0.3, -0.25) is 14.5 Å². The monoisotopic (exact) mass is 691 g/mol. The van der Waals surface area contributed by atoms with E-state index in [0.717, 1.165) is 46.4 Å². The molecule has 1 aromatic heterocycles. The van der Waals surface area contributed by atoms with Crippen LogP contribution in [0.25, 0.3) is 10.9 Å². The molecule has 11 nitrogen and oxygen atoms in total. The van der Waals surface area contributed by atoms with Crippen molar-refractivity contribution in [1.29, 1.82) is 0 Å². The number of hydrogen-bond acceptors (Lipinski definition) is 9. The number of nitrogens with one attached hydrogen (secondary N) is 2. The number of benzene rings is 3. The van der Waals surface area contributed by atoms with Crippen molar-refractivity contribution >= 4 is 28.7 Å². The highest BCUT2D eigenvalue weighted by Crippen LogP contribution is 2.69. The molecule has 3 aromatic carbocycles. The lowest BCUT2D eigenvalue weighted by Gasteiger charge is -2.62. The van der Waals surface area contributed by atoms with Gasteiger partial charge in [-0.15, -0.1) is 0 Å². The number of ether oxygens (including phenoxy) is 3. The molecule has 1 saturated carbocycles. The number of nitrogens with zero attached hydrogens (tertiary/aromatic N) is 1. The third kappa shape index (κ3) is 4.88. The molecule has 1 spiro atoms. The fourth-order valence-corrected chi connectivity index (χ4v) is 9.48. The van der Waals surface area contributed by atoms with Crippen molar-refractivity contribution in [3.8, 4) is 11.5 Å². The molecular weight excluding hydrogens is 650 g/mol. The van der Waals surface area contributed by atoms with E-state index in [1.165, 1.54) is 12.8 Å². The smallest absolute Gasteiger partial charge is 0.329 e. The zero-order valence-electron chi connectivity index (χ0n) is 28.4. The highest BCUT2D eigenvalue weighted by atomic mass is 16.5. The number of phenols is 1. The number of fused-ring (bicyclic) bond motifs is 4. The predicted octanol–water partition coefficient (Wildman–Crippen LogP) is 4.37. The fourth-order valence-electron chi connectivity index (χ4n) is 9.48. The van der Waals surface area contributed by atoms with Crippen LogP contribution in [0.1, 0.15) is 77.0 Å². The number of piperidine rings is 1. The van der Waals surface area contributed by atoms with Crippen molar-refractivity contribution in [2.75, 3.05) is 19.7 Å². The lowest BCUT2D eigenvalue weighted by atomic mass is 9.49. The summed E-state index contributed by atoms with van der Waals surface area (Å²) in [5, 5.41) is 27.7. The maximum atomic E-state index is 14.1. The Morgan fingerprint density at radius 3 is 2.69 bits per heavy atom. The van der Waals surface area contributed by atoms with E-state index in [0.29, 0.717) is 36.4 Å². The molecule has 4 N–H and O–H groups in total. The largest absolute Gasteiger partial charge is 0.504 e. The van der Waals surface area contributed by atoms with Crippen molar-refractivity contribution in [3.05, 3.63) is 94.2 Å². The van der Waals surface area contributed by atoms with Crippen LogP contribution in [0.5, 0.6) is 11.5 Å². The van der Waals surface area contributed by atoms with Gasteiger partial charge in [0.05, 0.1) is 40.8 Å². The first-order valence-electron chi connectivity index (χ1n) is 18.0. The summed E-state index contributed by atoms with van der Waals surface area (Å²) >= 11 is 0. The standard InChI is InChI=1S/C40H41N3O8/c1-2-49-31(45)18-28(38(47)50-21-23-7-4-3-5-8-23)41-37(46)26-10-6-9-25-27-19-40(48)30-17-24-13-14-29(44)35-32(24)39(40,15-16-43(30)20-22-11-12-22)36(51-35)34(27)42-33(25)26/h3-10,13-14,22,28,30,36,42,44,48H,2,11-12,15-21H2,1H3,(H,41,46)/t28-,30+,36-,39-,40+/m0/s1. The number of aromatic amines is 1. The number of likely N-dealkylation sites (tertiary alicyclic amines) is 1. The van der Waals surface area contributed by atoms with E-state index in [2.05, 4.69) is 15.2 Å². The molecule has 9 rings (SSSR count). The molecule has 11 heteroatoms. The number of para-hydroxylation sites is 1. The van der Waals surface area contributed by atoms with Gasteiger partial charge < -0.3 is 34.7 Å². The van der Waals surface area contributed by atoms with Crippen LogP contribution >= 0.6 is 0 Å². The first-order chi connectivity index (χ1) is 24.7. The molecule has 0 radical (unpaired) electrons. The Labute approximate surface area is 294 Å². The first-order valence-corrected chi connectivity index (χ1v) is 18.0. The Morgan fingerprint density at radius 2 is 1.90 bits per heavy atom. The van der Waals surface area contributed by atoms with Gasteiger partial charge in [0, 0.05) is 30.0 Å². The van der Waals surface area contributed by atoms with E-state index in [1.807, 2.05) is 42.5 Å². The third-order valence-corrected chi connectivity index (χ3v) is 11.9. The highest BCUT2D eigenvalue weighted by Gasteiger charge is 2.73. The second kappa shape index (κ2) is 11.8. The molecule has 0 unspecified atom stereocenters. The SMILES string of the molecule is CCOC(=O)C[C@H](NC(=O)c1cccc2c3c([nH]c12)[C@@H]1Oc2c(O)ccc4c2[C@@]12CCN(CC1CC1)[C@H](C4)[C@]2(O)C3)C(=O)OCc1ccccc1. The fraction of sp³-hybridized carbons (Fsp3) is 0.425. The third-order valence-electron chi connectivity index (χ3n) is 11.9. The topological polar surface area (TPSA) is 150 Å². The van der Waals surface area contributed by atoms with Crippen LogP contribution in [0.3, 0.4) is 0 Å². The predicted molar refractivity (Wildman–Crippen MR) is 185 cm³/mol.